The molecule has 1 atom stereocenters. The second kappa shape index (κ2) is 8.90. The number of esters is 1. The number of carbonyl (C=O) groups excluding carboxylic acids is 1. The van der Waals surface area contributed by atoms with E-state index in [0.29, 0.717) is 16.7 Å². The molecule has 0 fully saturated rings. The molecule has 8 heteroatoms. The highest BCUT2D eigenvalue weighted by Crippen LogP contribution is 2.37. The molecule has 0 spiro atoms. The zero-order valence-corrected chi connectivity index (χ0v) is 18.5. The van der Waals surface area contributed by atoms with Crippen molar-refractivity contribution in [3.05, 3.63) is 41.1 Å². The molecule has 0 saturated heterocycles. The minimum absolute atomic E-state index is 0.0917. The van der Waals surface area contributed by atoms with E-state index >= 15 is 0 Å². The number of nitrogens with zero attached hydrogens (tertiary/aromatic N) is 3. The Morgan fingerprint density at radius 2 is 1.90 bits per heavy atom. The van der Waals surface area contributed by atoms with Crippen LogP contribution in [0.25, 0.3) is 0 Å². The summed E-state index contributed by atoms with van der Waals surface area (Å²) >= 11 is 1.56. The van der Waals surface area contributed by atoms with Gasteiger partial charge in [-0.25, -0.2) is 9.48 Å². The molecule has 29 heavy (non-hydrogen) atoms. The quantitative estimate of drug-likeness (QED) is 0.529. The van der Waals surface area contributed by atoms with Crippen molar-refractivity contribution in [3.8, 4) is 5.75 Å². The number of hydrogen-bond acceptors (Lipinski definition) is 7. The Labute approximate surface area is 175 Å². The van der Waals surface area contributed by atoms with Crippen LogP contribution in [0.3, 0.4) is 0 Å². The van der Waals surface area contributed by atoms with E-state index in [1.165, 1.54) is 0 Å². The first-order valence-corrected chi connectivity index (χ1v) is 10.8. The highest BCUT2D eigenvalue weighted by Gasteiger charge is 2.35. The van der Waals surface area contributed by atoms with Crippen molar-refractivity contribution < 1.29 is 14.3 Å². The number of ether oxygens (including phenoxy) is 2. The van der Waals surface area contributed by atoms with Crippen LogP contribution in [-0.2, 0) is 9.53 Å². The molecule has 1 unspecified atom stereocenters. The lowest BCUT2D eigenvalue weighted by molar-refractivity contribution is -0.143. The summed E-state index contributed by atoms with van der Waals surface area (Å²) in [5.74, 6) is 1.91. The second-order valence-corrected chi connectivity index (χ2v) is 8.58. The Balaban J connectivity index is 2.06. The summed E-state index contributed by atoms with van der Waals surface area (Å²) in [7, 11) is 0. The van der Waals surface area contributed by atoms with Crippen molar-refractivity contribution in [2.24, 2.45) is 0 Å². The molecule has 2 aromatic rings. The lowest BCUT2D eigenvalue weighted by Gasteiger charge is -2.28. The minimum atomic E-state index is -0.427. The van der Waals surface area contributed by atoms with Gasteiger partial charge in [0.15, 0.2) is 0 Å². The molecule has 1 aromatic heterocycles. The van der Waals surface area contributed by atoms with E-state index in [0.717, 1.165) is 22.8 Å². The third-order valence-corrected chi connectivity index (χ3v) is 4.96. The number of aromatic nitrogens is 3. The number of nitrogens with one attached hydrogen (secondary N) is 1. The van der Waals surface area contributed by atoms with Crippen LogP contribution in [0.2, 0.25) is 0 Å². The van der Waals surface area contributed by atoms with E-state index in [1.807, 2.05) is 58.9 Å². The van der Waals surface area contributed by atoms with Crippen molar-refractivity contribution in [1.82, 2.24) is 14.8 Å². The molecule has 0 aliphatic carbocycles. The molecule has 0 saturated carbocycles. The number of thioether (sulfide) groups is 1. The number of benzene rings is 1. The number of rotatable bonds is 7. The Kier molecular flexibility index (Phi) is 6.52. The lowest BCUT2D eigenvalue weighted by atomic mass is 9.95. The van der Waals surface area contributed by atoms with Gasteiger partial charge < -0.3 is 14.8 Å². The zero-order chi connectivity index (χ0) is 21.1. The molecule has 0 radical (unpaired) electrons. The number of hydrogen-bond donors (Lipinski definition) is 1. The van der Waals surface area contributed by atoms with Crippen LogP contribution in [0.4, 0.5) is 5.95 Å². The summed E-state index contributed by atoms with van der Waals surface area (Å²) in [6.07, 6.45) is -0.123. The smallest absolute Gasteiger partial charge is 0.338 e. The van der Waals surface area contributed by atoms with E-state index in [-0.39, 0.29) is 18.2 Å². The third kappa shape index (κ3) is 4.75. The number of anilines is 1. The van der Waals surface area contributed by atoms with Gasteiger partial charge in [0.2, 0.25) is 11.1 Å². The maximum Gasteiger partial charge on any atom is 0.338 e. The standard InChI is InChI=1S/C21H28N4O3S/c1-7-29-21-23-20-22-14(6)17(19(26)28-13(4)5)18(25(20)24-21)15-8-10-16(11-9-15)27-12(2)3/h8-13,18H,7H2,1-6H3,(H,22,23,24). The van der Waals surface area contributed by atoms with Gasteiger partial charge in [-0.15, -0.1) is 5.10 Å². The minimum Gasteiger partial charge on any atom is -0.491 e. The van der Waals surface area contributed by atoms with E-state index in [9.17, 15) is 4.79 Å². The zero-order valence-electron chi connectivity index (χ0n) is 17.7. The molecule has 0 amide bonds. The molecule has 1 N–H and O–H groups in total. The number of carbonyl (C=O) groups is 1. The first-order valence-electron chi connectivity index (χ1n) is 9.84. The average Bonchev–Trinajstić information content (AvgIpc) is 3.02. The van der Waals surface area contributed by atoms with Gasteiger partial charge in [0.1, 0.15) is 11.8 Å². The van der Waals surface area contributed by atoms with E-state index in [4.69, 9.17) is 9.47 Å². The predicted octanol–water partition coefficient (Wildman–Crippen LogP) is 4.42. The Morgan fingerprint density at radius 1 is 1.21 bits per heavy atom. The van der Waals surface area contributed by atoms with Crippen molar-refractivity contribution in [2.45, 2.75) is 64.9 Å². The molecule has 156 valence electrons. The SMILES string of the molecule is CCSc1nc2n(n1)C(c1ccc(OC(C)C)cc1)C(C(=O)OC(C)C)=C(C)N2. The molecule has 3 rings (SSSR count). The van der Waals surface area contributed by atoms with Crippen LogP contribution in [0.5, 0.6) is 5.75 Å². The fourth-order valence-corrected chi connectivity index (χ4v) is 3.73. The first-order chi connectivity index (χ1) is 13.8. The van der Waals surface area contributed by atoms with Crippen molar-refractivity contribution in [2.75, 3.05) is 11.1 Å². The topological polar surface area (TPSA) is 78.3 Å². The van der Waals surface area contributed by atoms with E-state index < -0.39 is 6.04 Å². The monoisotopic (exact) mass is 416 g/mol. The van der Waals surface area contributed by atoms with Crippen LogP contribution >= 0.6 is 11.8 Å². The Morgan fingerprint density at radius 3 is 2.48 bits per heavy atom. The fourth-order valence-electron chi connectivity index (χ4n) is 3.17. The molecule has 1 aliphatic heterocycles. The molecule has 1 aliphatic rings. The summed E-state index contributed by atoms with van der Waals surface area (Å²) in [5, 5.41) is 8.53. The summed E-state index contributed by atoms with van der Waals surface area (Å²) in [5.41, 5.74) is 2.16. The summed E-state index contributed by atoms with van der Waals surface area (Å²) in [6.45, 7) is 11.6. The van der Waals surface area contributed by atoms with Gasteiger partial charge in [0.25, 0.3) is 0 Å². The van der Waals surface area contributed by atoms with Gasteiger partial charge in [0, 0.05) is 5.70 Å². The summed E-state index contributed by atoms with van der Waals surface area (Å²) < 4.78 is 13.0. The third-order valence-electron chi connectivity index (χ3n) is 4.24. The maximum absolute atomic E-state index is 12.9. The molecular weight excluding hydrogens is 388 g/mol. The van der Waals surface area contributed by atoms with Crippen molar-refractivity contribution in [1.29, 1.82) is 0 Å². The fraction of sp³-hybridized carbons (Fsp3) is 0.476. The van der Waals surface area contributed by atoms with Crippen LogP contribution in [-0.4, -0.2) is 38.7 Å². The van der Waals surface area contributed by atoms with Crippen molar-refractivity contribution >= 4 is 23.7 Å². The van der Waals surface area contributed by atoms with Crippen LogP contribution in [0, 0.1) is 0 Å². The number of allylic oxidation sites excluding steroid dienone is 1. The maximum atomic E-state index is 12.9. The summed E-state index contributed by atoms with van der Waals surface area (Å²) in [6, 6.07) is 7.32. The number of fused-ring (bicyclic) bond motifs is 1. The molecule has 0 bridgehead atoms. The van der Waals surface area contributed by atoms with Gasteiger partial charge in [-0.05, 0) is 58.1 Å². The second-order valence-electron chi connectivity index (χ2n) is 7.35. The van der Waals surface area contributed by atoms with Gasteiger partial charge in [-0.2, -0.15) is 4.98 Å². The van der Waals surface area contributed by atoms with Gasteiger partial charge >= 0.3 is 5.97 Å². The lowest BCUT2D eigenvalue weighted by Crippen LogP contribution is -2.30. The molecular formula is C21H28N4O3S. The molecule has 7 nitrogen and oxygen atoms in total. The van der Waals surface area contributed by atoms with Crippen LogP contribution in [0.15, 0.2) is 40.7 Å². The molecule has 2 heterocycles. The highest BCUT2D eigenvalue weighted by molar-refractivity contribution is 7.99. The van der Waals surface area contributed by atoms with Crippen molar-refractivity contribution in [3.63, 3.8) is 0 Å². The average molecular weight is 417 g/mol. The predicted molar refractivity (Wildman–Crippen MR) is 114 cm³/mol. The normalized spacial score (nSPS) is 16.1. The van der Waals surface area contributed by atoms with Crippen LogP contribution < -0.4 is 10.1 Å². The van der Waals surface area contributed by atoms with Gasteiger partial charge in [-0.1, -0.05) is 30.8 Å². The largest absolute Gasteiger partial charge is 0.491 e. The molecule has 1 aromatic carbocycles. The Bertz CT molecular complexity index is 903. The highest BCUT2D eigenvalue weighted by atomic mass is 32.2. The van der Waals surface area contributed by atoms with Gasteiger partial charge in [0.05, 0.1) is 17.8 Å². The van der Waals surface area contributed by atoms with E-state index in [1.54, 1.807) is 16.4 Å². The first kappa shape index (κ1) is 21.2. The van der Waals surface area contributed by atoms with Gasteiger partial charge in [-0.3, -0.25) is 0 Å². The Hall–Kier alpha value is -2.48. The summed E-state index contributed by atoms with van der Waals surface area (Å²) in [4.78, 5) is 17.5. The van der Waals surface area contributed by atoms with Crippen LogP contribution in [0.1, 0.15) is 53.1 Å². The van der Waals surface area contributed by atoms with E-state index in [2.05, 4.69) is 22.3 Å².